The summed E-state index contributed by atoms with van der Waals surface area (Å²) >= 11 is 0. The standard InChI is InChI=1S/C26H27FO5S/c1-19-12-14-22(15-13-19)33(28,29)26-24(27)25(31-17-21-10-6-3-7-11-21)23(32-26)18-30-16-20-8-4-2-5-9-20/h2-15,23-26H,16-18H2,1H3/t23-,24?,25?,26?/m1/s1. The Hall–Kier alpha value is -2.58. The third-order valence-corrected chi connectivity index (χ3v) is 7.50. The van der Waals surface area contributed by atoms with Crippen molar-refractivity contribution >= 4 is 9.84 Å². The minimum absolute atomic E-state index is 0.00862. The van der Waals surface area contributed by atoms with Crippen molar-refractivity contribution in [1.29, 1.82) is 0 Å². The van der Waals surface area contributed by atoms with Gasteiger partial charge < -0.3 is 14.2 Å². The molecule has 0 amide bonds. The Balaban J connectivity index is 1.50. The van der Waals surface area contributed by atoms with Gasteiger partial charge in [-0.15, -0.1) is 0 Å². The molecule has 1 aliphatic rings. The van der Waals surface area contributed by atoms with Crippen LogP contribution in [0.25, 0.3) is 0 Å². The predicted molar refractivity (Wildman–Crippen MR) is 123 cm³/mol. The third-order valence-electron chi connectivity index (χ3n) is 5.58. The van der Waals surface area contributed by atoms with Crippen molar-refractivity contribution in [3.05, 3.63) is 102 Å². The number of aryl methyl sites for hydroxylation is 1. The molecule has 1 heterocycles. The van der Waals surface area contributed by atoms with Crippen LogP contribution in [0.4, 0.5) is 4.39 Å². The van der Waals surface area contributed by atoms with Crippen LogP contribution in [0.1, 0.15) is 16.7 Å². The summed E-state index contributed by atoms with van der Waals surface area (Å²) in [6.07, 6.45) is -3.80. The molecule has 5 nitrogen and oxygen atoms in total. The van der Waals surface area contributed by atoms with Gasteiger partial charge in [-0.3, -0.25) is 0 Å². The molecule has 3 aromatic carbocycles. The van der Waals surface area contributed by atoms with Gasteiger partial charge in [-0.1, -0.05) is 78.4 Å². The molecule has 0 saturated carbocycles. The van der Waals surface area contributed by atoms with Crippen LogP contribution in [0.3, 0.4) is 0 Å². The quantitative estimate of drug-likeness (QED) is 0.456. The lowest BCUT2D eigenvalue weighted by Gasteiger charge is -2.20. The number of hydrogen-bond donors (Lipinski definition) is 0. The number of ether oxygens (including phenoxy) is 3. The van der Waals surface area contributed by atoms with Gasteiger partial charge >= 0.3 is 0 Å². The minimum atomic E-state index is -4.06. The van der Waals surface area contributed by atoms with E-state index in [-0.39, 0.29) is 18.1 Å². The van der Waals surface area contributed by atoms with Crippen LogP contribution >= 0.6 is 0 Å². The van der Waals surface area contributed by atoms with E-state index in [2.05, 4.69) is 0 Å². The summed E-state index contributed by atoms with van der Waals surface area (Å²) in [5, 5.41) is 0. The van der Waals surface area contributed by atoms with Crippen molar-refractivity contribution < 1.29 is 27.0 Å². The average molecular weight is 471 g/mol. The van der Waals surface area contributed by atoms with Crippen molar-refractivity contribution in [2.45, 2.75) is 48.8 Å². The first-order chi connectivity index (χ1) is 15.9. The van der Waals surface area contributed by atoms with Crippen LogP contribution < -0.4 is 0 Å². The number of sulfone groups is 1. The second-order valence-electron chi connectivity index (χ2n) is 8.11. The molecule has 0 aromatic heterocycles. The minimum Gasteiger partial charge on any atom is -0.374 e. The predicted octanol–water partition coefficient (Wildman–Crippen LogP) is 4.63. The zero-order valence-electron chi connectivity index (χ0n) is 18.3. The molecule has 4 atom stereocenters. The van der Waals surface area contributed by atoms with Gasteiger partial charge in [-0.05, 0) is 30.2 Å². The van der Waals surface area contributed by atoms with E-state index in [0.717, 1.165) is 16.7 Å². The lowest BCUT2D eigenvalue weighted by Crippen LogP contribution is -2.36. The fraction of sp³-hybridized carbons (Fsp3) is 0.308. The molecule has 0 N–H and O–H groups in total. The SMILES string of the molecule is Cc1ccc(S(=O)(=O)C2O[C@H](COCc3ccccc3)C(OCc3ccccc3)C2F)cc1. The molecule has 0 radical (unpaired) electrons. The second kappa shape index (κ2) is 10.6. The van der Waals surface area contributed by atoms with Gasteiger partial charge in [0, 0.05) is 0 Å². The number of hydrogen-bond acceptors (Lipinski definition) is 5. The molecule has 0 spiro atoms. The topological polar surface area (TPSA) is 61.8 Å². The summed E-state index contributed by atoms with van der Waals surface area (Å²) in [5.74, 6) is 0. The highest BCUT2D eigenvalue weighted by Crippen LogP contribution is 2.34. The molecule has 1 saturated heterocycles. The second-order valence-corrected chi connectivity index (χ2v) is 10.1. The lowest BCUT2D eigenvalue weighted by atomic mass is 10.1. The van der Waals surface area contributed by atoms with E-state index in [1.54, 1.807) is 12.1 Å². The first kappa shape index (κ1) is 23.6. The fourth-order valence-electron chi connectivity index (χ4n) is 3.76. The maximum absolute atomic E-state index is 15.5. The molecule has 1 fully saturated rings. The normalized spacial score (nSPS) is 23.0. The van der Waals surface area contributed by atoms with E-state index in [0.29, 0.717) is 6.61 Å². The van der Waals surface area contributed by atoms with Gasteiger partial charge in [0.25, 0.3) is 0 Å². The molecule has 1 aliphatic heterocycles. The molecule has 0 bridgehead atoms. The average Bonchev–Trinajstić information content (AvgIpc) is 3.15. The summed E-state index contributed by atoms with van der Waals surface area (Å²) in [6.45, 7) is 2.31. The van der Waals surface area contributed by atoms with Crippen LogP contribution in [0.2, 0.25) is 0 Å². The summed E-state index contributed by atoms with van der Waals surface area (Å²) in [6, 6.07) is 25.2. The molecule has 3 unspecified atom stereocenters. The first-order valence-corrected chi connectivity index (χ1v) is 12.4. The van der Waals surface area contributed by atoms with E-state index >= 15 is 4.39 Å². The Labute approximate surface area is 194 Å². The van der Waals surface area contributed by atoms with Gasteiger partial charge in [0.05, 0.1) is 24.7 Å². The van der Waals surface area contributed by atoms with Crippen molar-refractivity contribution in [1.82, 2.24) is 0 Å². The third kappa shape index (κ3) is 5.68. The monoisotopic (exact) mass is 470 g/mol. The molecule has 3 aromatic rings. The Morgan fingerprint density at radius 1 is 0.848 bits per heavy atom. The van der Waals surface area contributed by atoms with Gasteiger partial charge in [0.2, 0.25) is 9.84 Å². The zero-order valence-corrected chi connectivity index (χ0v) is 19.2. The number of rotatable bonds is 9. The number of halogens is 1. The van der Waals surface area contributed by atoms with Gasteiger partial charge in [0.15, 0.2) is 11.6 Å². The molecule has 0 aliphatic carbocycles. The molecule has 4 rings (SSSR count). The van der Waals surface area contributed by atoms with E-state index in [9.17, 15) is 8.42 Å². The number of benzene rings is 3. The van der Waals surface area contributed by atoms with E-state index in [1.807, 2.05) is 67.6 Å². The van der Waals surface area contributed by atoms with Crippen LogP contribution in [0.15, 0.2) is 89.8 Å². The summed E-state index contributed by atoms with van der Waals surface area (Å²) in [7, 11) is -4.06. The van der Waals surface area contributed by atoms with Crippen LogP contribution in [-0.4, -0.2) is 38.8 Å². The zero-order chi connectivity index (χ0) is 23.3. The van der Waals surface area contributed by atoms with Crippen molar-refractivity contribution in [2.24, 2.45) is 0 Å². The molecule has 7 heteroatoms. The van der Waals surface area contributed by atoms with E-state index in [1.165, 1.54) is 12.1 Å². The van der Waals surface area contributed by atoms with Crippen molar-refractivity contribution in [3.63, 3.8) is 0 Å². The van der Waals surface area contributed by atoms with Gasteiger partial charge in [0.1, 0.15) is 12.2 Å². The highest BCUT2D eigenvalue weighted by Gasteiger charge is 2.52. The summed E-state index contributed by atoms with van der Waals surface area (Å²) in [5.41, 5.74) is 1.07. The summed E-state index contributed by atoms with van der Waals surface area (Å²) in [4.78, 5) is 0.0217. The Bertz CT molecular complexity index is 1120. The van der Waals surface area contributed by atoms with Gasteiger partial charge in [-0.2, -0.15) is 0 Å². The van der Waals surface area contributed by atoms with Crippen LogP contribution in [-0.2, 0) is 37.3 Å². The Kier molecular flexibility index (Phi) is 7.55. The van der Waals surface area contributed by atoms with Gasteiger partial charge in [-0.25, -0.2) is 12.8 Å². The maximum atomic E-state index is 15.5. The highest BCUT2D eigenvalue weighted by atomic mass is 32.2. The summed E-state index contributed by atoms with van der Waals surface area (Å²) < 4.78 is 59.2. The molecule has 174 valence electrons. The van der Waals surface area contributed by atoms with Crippen LogP contribution in [0.5, 0.6) is 0 Å². The Morgan fingerprint density at radius 2 is 1.42 bits per heavy atom. The lowest BCUT2D eigenvalue weighted by molar-refractivity contribution is -0.0685. The van der Waals surface area contributed by atoms with E-state index in [4.69, 9.17) is 14.2 Å². The largest absolute Gasteiger partial charge is 0.374 e. The fourth-order valence-corrected chi connectivity index (χ4v) is 5.33. The molecule has 33 heavy (non-hydrogen) atoms. The van der Waals surface area contributed by atoms with E-state index < -0.39 is 33.7 Å². The van der Waals surface area contributed by atoms with Crippen molar-refractivity contribution in [3.8, 4) is 0 Å². The molecular weight excluding hydrogens is 443 g/mol. The number of alkyl halides is 1. The van der Waals surface area contributed by atoms with Crippen molar-refractivity contribution in [2.75, 3.05) is 6.61 Å². The molecular formula is C26H27FO5S. The smallest absolute Gasteiger partial charge is 0.208 e. The first-order valence-electron chi connectivity index (χ1n) is 10.8. The maximum Gasteiger partial charge on any atom is 0.208 e. The Morgan fingerprint density at radius 3 is 2.03 bits per heavy atom. The highest BCUT2D eigenvalue weighted by molar-refractivity contribution is 7.92. The van der Waals surface area contributed by atoms with Crippen LogP contribution in [0, 0.1) is 6.92 Å².